The zero-order valence-corrected chi connectivity index (χ0v) is 17.7. The summed E-state index contributed by atoms with van der Waals surface area (Å²) in [5, 5.41) is 3.92. The highest BCUT2D eigenvalue weighted by atomic mass is 35.5. The van der Waals surface area contributed by atoms with E-state index in [1.165, 1.54) is 4.90 Å². The first kappa shape index (κ1) is 22.1. The molecule has 0 saturated carbocycles. The number of hydrogen-bond donors (Lipinski definition) is 1. The highest BCUT2D eigenvalue weighted by Gasteiger charge is 2.26. The minimum atomic E-state index is -0.667. The third-order valence-corrected chi connectivity index (χ3v) is 5.10. The molecule has 0 saturated heterocycles. The molecule has 0 aliphatic rings. The number of hydrogen-bond acceptors (Lipinski definition) is 3. The van der Waals surface area contributed by atoms with Gasteiger partial charge in [-0.1, -0.05) is 41.4 Å². The fraction of sp³-hybridized carbons (Fsp3) is 0.333. The summed E-state index contributed by atoms with van der Waals surface area (Å²) in [6.45, 7) is 5.87. The van der Waals surface area contributed by atoms with Crippen molar-refractivity contribution in [1.82, 2.24) is 10.2 Å². The van der Waals surface area contributed by atoms with Crippen molar-refractivity contribution >= 4 is 35.0 Å². The van der Waals surface area contributed by atoms with Crippen molar-refractivity contribution in [1.29, 1.82) is 0 Å². The van der Waals surface area contributed by atoms with Crippen molar-refractivity contribution < 1.29 is 14.3 Å². The fourth-order valence-corrected chi connectivity index (χ4v) is 2.96. The van der Waals surface area contributed by atoms with E-state index in [2.05, 4.69) is 5.32 Å². The van der Waals surface area contributed by atoms with Crippen molar-refractivity contribution in [3.05, 3.63) is 63.6 Å². The number of carbonyl (C=O) groups is 2. The van der Waals surface area contributed by atoms with Crippen molar-refractivity contribution in [2.75, 3.05) is 13.2 Å². The summed E-state index contributed by atoms with van der Waals surface area (Å²) in [6, 6.07) is 11.8. The average Bonchev–Trinajstić information content (AvgIpc) is 2.67. The molecule has 0 radical (unpaired) electrons. The summed E-state index contributed by atoms with van der Waals surface area (Å²) in [4.78, 5) is 26.7. The van der Waals surface area contributed by atoms with Gasteiger partial charge in [-0.05, 0) is 56.2 Å². The number of nitrogens with one attached hydrogen (secondary N) is 1. The van der Waals surface area contributed by atoms with Crippen molar-refractivity contribution in [3.8, 4) is 5.75 Å². The second kappa shape index (κ2) is 10.3. The van der Waals surface area contributed by atoms with Gasteiger partial charge in [0.2, 0.25) is 5.91 Å². The Hall–Kier alpha value is -2.24. The van der Waals surface area contributed by atoms with Gasteiger partial charge in [-0.15, -0.1) is 0 Å². The molecule has 2 amide bonds. The molecule has 28 heavy (non-hydrogen) atoms. The first-order valence-corrected chi connectivity index (χ1v) is 9.78. The van der Waals surface area contributed by atoms with Crippen LogP contribution < -0.4 is 10.1 Å². The van der Waals surface area contributed by atoms with Crippen molar-refractivity contribution in [3.63, 3.8) is 0 Å². The molecule has 2 rings (SSSR count). The number of carbonyl (C=O) groups excluding carboxylic acids is 2. The number of nitrogens with zero attached hydrogens (tertiary/aromatic N) is 1. The topological polar surface area (TPSA) is 58.6 Å². The molecule has 150 valence electrons. The zero-order chi connectivity index (χ0) is 20.7. The predicted octanol–water partition coefficient (Wildman–Crippen LogP) is 4.23. The molecule has 0 fully saturated rings. The molecule has 1 atom stereocenters. The van der Waals surface area contributed by atoms with Crippen LogP contribution in [-0.4, -0.2) is 35.9 Å². The molecule has 7 heteroatoms. The number of benzene rings is 2. The predicted molar refractivity (Wildman–Crippen MR) is 112 cm³/mol. The van der Waals surface area contributed by atoms with Crippen LogP contribution in [0, 0.1) is 6.92 Å². The summed E-state index contributed by atoms with van der Waals surface area (Å²) < 4.78 is 5.63. The highest BCUT2D eigenvalue weighted by Crippen LogP contribution is 2.22. The normalized spacial score (nSPS) is 11.6. The standard InChI is InChI=1S/C21H24Cl2N2O3/c1-4-24-21(27)15(3)25(12-16-7-5-6-8-19(16)23)20(26)13-28-17-9-10-18(22)14(2)11-17/h5-11,15H,4,12-13H2,1-3H3,(H,24,27)/t15-/m1/s1. The SMILES string of the molecule is CCNC(=O)[C@@H](C)N(Cc1ccccc1Cl)C(=O)COc1ccc(Cl)c(C)c1. The minimum Gasteiger partial charge on any atom is -0.484 e. The van der Waals surface area contributed by atoms with E-state index in [-0.39, 0.29) is 25.0 Å². The number of ether oxygens (including phenoxy) is 1. The maximum Gasteiger partial charge on any atom is 0.261 e. The van der Waals surface area contributed by atoms with Crippen molar-refractivity contribution in [2.45, 2.75) is 33.4 Å². The van der Waals surface area contributed by atoms with E-state index in [0.717, 1.165) is 11.1 Å². The Bertz CT molecular complexity index is 842. The van der Waals surface area contributed by atoms with Crippen LogP contribution in [0.15, 0.2) is 42.5 Å². The fourth-order valence-electron chi connectivity index (χ4n) is 2.65. The Kier molecular flexibility index (Phi) is 8.15. The van der Waals surface area contributed by atoms with Crippen LogP contribution in [0.2, 0.25) is 10.0 Å². The van der Waals surface area contributed by atoms with Crippen LogP contribution in [0.1, 0.15) is 25.0 Å². The highest BCUT2D eigenvalue weighted by molar-refractivity contribution is 6.31. The number of likely N-dealkylation sites (N-methyl/N-ethyl adjacent to an activating group) is 1. The molecule has 0 bridgehead atoms. The maximum atomic E-state index is 12.9. The van der Waals surface area contributed by atoms with Crippen LogP contribution in [0.3, 0.4) is 0 Å². The molecule has 2 aromatic rings. The summed E-state index contributed by atoms with van der Waals surface area (Å²) in [5.41, 5.74) is 1.62. The summed E-state index contributed by atoms with van der Waals surface area (Å²) in [7, 11) is 0. The quantitative estimate of drug-likeness (QED) is 0.691. The largest absolute Gasteiger partial charge is 0.484 e. The Morgan fingerprint density at radius 1 is 1.14 bits per heavy atom. The lowest BCUT2D eigenvalue weighted by molar-refractivity contribution is -0.142. The van der Waals surface area contributed by atoms with E-state index < -0.39 is 6.04 Å². The summed E-state index contributed by atoms with van der Waals surface area (Å²) in [6.07, 6.45) is 0. The minimum absolute atomic E-state index is 0.199. The average molecular weight is 423 g/mol. The van der Waals surface area contributed by atoms with Crippen LogP contribution >= 0.6 is 23.2 Å². The van der Waals surface area contributed by atoms with E-state index in [0.29, 0.717) is 22.3 Å². The summed E-state index contributed by atoms with van der Waals surface area (Å²) >= 11 is 12.3. The molecule has 0 heterocycles. The van der Waals surface area contributed by atoms with Gasteiger partial charge in [0, 0.05) is 23.1 Å². The van der Waals surface area contributed by atoms with Gasteiger partial charge in [-0.25, -0.2) is 0 Å². The Labute approximate surface area is 175 Å². The third kappa shape index (κ3) is 5.88. The van der Waals surface area contributed by atoms with Gasteiger partial charge >= 0.3 is 0 Å². The zero-order valence-electron chi connectivity index (χ0n) is 16.2. The van der Waals surface area contributed by atoms with E-state index in [4.69, 9.17) is 27.9 Å². The first-order chi connectivity index (χ1) is 13.3. The van der Waals surface area contributed by atoms with E-state index in [1.807, 2.05) is 32.0 Å². The Morgan fingerprint density at radius 3 is 2.50 bits per heavy atom. The molecule has 1 N–H and O–H groups in total. The summed E-state index contributed by atoms with van der Waals surface area (Å²) in [5.74, 6) is -0.00452. The Balaban J connectivity index is 2.16. The lowest BCUT2D eigenvalue weighted by Crippen LogP contribution is -2.49. The van der Waals surface area contributed by atoms with E-state index >= 15 is 0 Å². The van der Waals surface area contributed by atoms with Gasteiger partial charge in [0.1, 0.15) is 11.8 Å². The van der Waals surface area contributed by atoms with Gasteiger partial charge in [0.15, 0.2) is 6.61 Å². The van der Waals surface area contributed by atoms with Crippen LogP contribution in [0.4, 0.5) is 0 Å². The van der Waals surface area contributed by atoms with Gasteiger partial charge in [0.05, 0.1) is 0 Å². The van der Waals surface area contributed by atoms with E-state index in [1.54, 1.807) is 31.2 Å². The van der Waals surface area contributed by atoms with Crippen molar-refractivity contribution in [2.24, 2.45) is 0 Å². The second-order valence-electron chi connectivity index (χ2n) is 6.38. The van der Waals surface area contributed by atoms with Crippen LogP contribution in [0.25, 0.3) is 0 Å². The molecular weight excluding hydrogens is 399 g/mol. The molecule has 0 aromatic heterocycles. The van der Waals surface area contributed by atoms with Gasteiger partial charge < -0.3 is 15.0 Å². The lowest BCUT2D eigenvalue weighted by Gasteiger charge is -2.29. The van der Waals surface area contributed by atoms with Gasteiger partial charge in [-0.3, -0.25) is 9.59 Å². The molecule has 5 nitrogen and oxygen atoms in total. The van der Waals surface area contributed by atoms with Crippen LogP contribution in [-0.2, 0) is 16.1 Å². The molecule has 0 aliphatic carbocycles. The lowest BCUT2D eigenvalue weighted by atomic mass is 10.1. The van der Waals surface area contributed by atoms with Gasteiger partial charge in [-0.2, -0.15) is 0 Å². The molecule has 0 unspecified atom stereocenters. The van der Waals surface area contributed by atoms with Gasteiger partial charge in [0.25, 0.3) is 5.91 Å². The number of halogens is 2. The third-order valence-electron chi connectivity index (χ3n) is 4.31. The number of aryl methyl sites for hydroxylation is 1. The smallest absolute Gasteiger partial charge is 0.261 e. The number of rotatable bonds is 8. The molecule has 0 aliphatic heterocycles. The number of amides is 2. The Morgan fingerprint density at radius 2 is 1.86 bits per heavy atom. The molecule has 2 aromatic carbocycles. The maximum absolute atomic E-state index is 12.9. The molecular formula is C21H24Cl2N2O3. The first-order valence-electron chi connectivity index (χ1n) is 9.03. The van der Waals surface area contributed by atoms with E-state index in [9.17, 15) is 9.59 Å². The monoisotopic (exact) mass is 422 g/mol. The van der Waals surface area contributed by atoms with Crippen LogP contribution in [0.5, 0.6) is 5.75 Å². The molecule has 0 spiro atoms. The second-order valence-corrected chi connectivity index (χ2v) is 7.20.